The number of nitrogens with zero attached hydrogens (tertiary/aromatic N) is 2. The van der Waals surface area contributed by atoms with Crippen molar-refractivity contribution in [3.8, 4) is 17.0 Å². The molecule has 0 amide bonds. The van der Waals surface area contributed by atoms with Crippen LogP contribution in [-0.4, -0.2) is 47.9 Å². The Balaban J connectivity index is 2.27. The van der Waals surface area contributed by atoms with Crippen LogP contribution in [0.5, 0.6) is 5.75 Å². The number of alkyl halides is 3. The number of methoxy groups -OCH3 is 1. The highest BCUT2D eigenvalue weighted by molar-refractivity contribution is 5.94. The number of carbonyl (C=O) groups is 1. The fourth-order valence-electron chi connectivity index (χ4n) is 2.09. The van der Waals surface area contributed by atoms with Crippen LogP contribution in [0.3, 0.4) is 0 Å². The topological polar surface area (TPSA) is 86.3 Å². The van der Waals surface area contributed by atoms with Crippen molar-refractivity contribution in [2.75, 3.05) is 20.3 Å². The molecular weight excluding hydrogens is 343 g/mol. The molecule has 0 unspecified atom stereocenters. The van der Waals surface area contributed by atoms with Crippen LogP contribution in [0.25, 0.3) is 11.3 Å². The Hall–Kier alpha value is -2.62. The maximum Gasteiger partial charge on any atom is 0.411 e. The second kappa shape index (κ2) is 7.97. The number of benzene rings is 1. The van der Waals surface area contributed by atoms with Crippen molar-refractivity contribution in [2.24, 2.45) is 0 Å². The summed E-state index contributed by atoms with van der Waals surface area (Å²) in [4.78, 5) is 11.9. The van der Waals surface area contributed by atoms with Crippen molar-refractivity contribution >= 4 is 5.97 Å². The Morgan fingerprint density at radius 1 is 1.28 bits per heavy atom. The predicted molar refractivity (Wildman–Crippen MR) is 80.0 cm³/mol. The van der Waals surface area contributed by atoms with Gasteiger partial charge in [-0.1, -0.05) is 0 Å². The van der Waals surface area contributed by atoms with Gasteiger partial charge in [0.05, 0.1) is 20.3 Å². The summed E-state index contributed by atoms with van der Waals surface area (Å²) in [7, 11) is 1.39. The van der Waals surface area contributed by atoms with Gasteiger partial charge in [-0.3, -0.25) is 0 Å². The lowest BCUT2D eigenvalue weighted by Gasteiger charge is -2.12. The Morgan fingerprint density at radius 2 is 2.04 bits per heavy atom. The van der Waals surface area contributed by atoms with Crippen LogP contribution in [-0.2, 0) is 16.1 Å². The van der Waals surface area contributed by atoms with Gasteiger partial charge in [-0.05, 0) is 25.1 Å². The van der Waals surface area contributed by atoms with Gasteiger partial charge in [0.2, 0.25) is 0 Å². The highest BCUT2D eigenvalue weighted by atomic mass is 19.4. The molecule has 0 fully saturated rings. The van der Waals surface area contributed by atoms with Gasteiger partial charge in [0.25, 0.3) is 0 Å². The van der Waals surface area contributed by atoms with Gasteiger partial charge in [0.15, 0.2) is 5.69 Å². The third kappa shape index (κ3) is 4.92. The lowest BCUT2D eigenvalue weighted by molar-refractivity contribution is -0.176. The van der Waals surface area contributed by atoms with E-state index in [1.807, 2.05) is 0 Å². The largest absolute Gasteiger partial charge is 0.496 e. The zero-order chi connectivity index (χ0) is 18.4. The minimum atomic E-state index is -4.42. The van der Waals surface area contributed by atoms with Gasteiger partial charge in [-0.25, -0.2) is 4.79 Å². The molecule has 136 valence electrons. The molecule has 1 heterocycles. The van der Waals surface area contributed by atoms with Crippen LogP contribution >= 0.6 is 0 Å². The first-order valence-corrected chi connectivity index (χ1v) is 7.25. The Kier molecular flexibility index (Phi) is 5.97. The average Bonchev–Trinajstić information content (AvgIpc) is 3.03. The summed E-state index contributed by atoms with van der Waals surface area (Å²) in [5.41, 5.74) is 1.04. The summed E-state index contributed by atoms with van der Waals surface area (Å²) < 4.78 is 51.4. The standard InChI is InChI=1S/C15H16F3N3O4/c1-3-25-14(22)13-12(19-21-20-13)9-4-5-11(23-2)10(6-9)7-24-8-15(16,17)18/h4-6H,3,7-8H2,1-2H3,(H,19,20,21). The molecule has 1 aromatic carbocycles. The Morgan fingerprint density at radius 3 is 2.68 bits per heavy atom. The highest BCUT2D eigenvalue weighted by Gasteiger charge is 2.27. The number of hydrogen-bond acceptors (Lipinski definition) is 6. The molecule has 2 aromatic rings. The Labute approximate surface area is 141 Å². The van der Waals surface area contributed by atoms with E-state index in [4.69, 9.17) is 9.47 Å². The summed E-state index contributed by atoms with van der Waals surface area (Å²) in [5, 5.41) is 10.00. The number of carbonyl (C=O) groups excluding carboxylic acids is 1. The van der Waals surface area contributed by atoms with Crippen molar-refractivity contribution < 1.29 is 32.2 Å². The summed E-state index contributed by atoms with van der Waals surface area (Å²) in [6, 6.07) is 4.67. The molecular formula is C15H16F3N3O4. The zero-order valence-electron chi connectivity index (χ0n) is 13.5. The fourth-order valence-corrected chi connectivity index (χ4v) is 2.09. The number of halogens is 3. The smallest absolute Gasteiger partial charge is 0.411 e. The van der Waals surface area contributed by atoms with E-state index in [1.165, 1.54) is 13.2 Å². The van der Waals surface area contributed by atoms with Gasteiger partial charge in [0.1, 0.15) is 18.1 Å². The maximum atomic E-state index is 12.2. The van der Waals surface area contributed by atoms with Gasteiger partial charge >= 0.3 is 12.1 Å². The molecule has 7 nitrogen and oxygen atoms in total. The first-order valence-electron chi connectivity index (χ1n) is 7.25. The molecule has 0 aliphatic heterocycles. The normalized spacial score (nSPS) is 11.4. The van der Waals surface area contributed by atoms with Crippen LogP contribution in [0.1, 0.15) is 23.0 Å². The summed E-state index contributed by atoms with van der Waals surface area (Å²) in [6.45, 7) is 0.132. The number of H-pyrrole nitrogens is 1. The quantitative estimate of drug-likeness (QED) is 0.765. The summed E-state index contributed by atoms with van der Waals surface area (Å²) in [6.07, 6.45) is -4.42. The van der Waals surface area contributed by atoms with Crippen molar-refractivity contribution in [3.63, 3.8) is 0 Å². The molecule has 10 heteroatoms. The lowest BCUT2D eigenvalue weighted by Crippen LogP contribution is -2.16. The first-order chi connectivity index (χ1) is 11.9. The third-order valence-corrected chi connectivity index (χ3v) is 3.09. The third-order valence-electron chi connectivity index (χ3n) is 3.09. The average molecular weight is 359 g/mol. The Bertz CT molecular complexity index is 731. The minimum absolute atomic E-state index is 0.0193. The summed E-state index contributed by atoms with van der Waals surface area (Å²) >= 11 is 0. The molecule has 2 rings (SSSR count). The molecule has 0 saturated heterocycles. The number of rotatable bonds is 7. The molecule has 25 heavy (non-hydrogen) atoms. The monoisotopic (exact) mass is 359 g/mol. The van der Waals surface area contributed by atoms with E-state index < -0.39 is 18.8 Å². The van der Waals surface area contributed by atoms with Crippen LogP contribution in [0.15, 0.2) is 18.2 Å². The number of esters is 1. The fraction of sp³-hybridized carbons (Fsp3) is 0.400. The molecule has 0 aliphatic rings. The maximum absolute atomic E-state index is 12.2. The van der Waals surface area contributed by atoms with Crippen molar-refractivity contribution in [1.29, 1.82) is 0 Å². The van der Waals surface area contributed by atoms with Crippen LogP contribution in [0.2, 0.25) is 0 Å². The van der Waals surface area contributed by atoms with Crippen LogP contribution < -0.4 is 4.74 Å². The van der Waals surface area contributed by atoms with E-state index in [9.17, 15) is 18.0 Å². The van der Waals surface area contributed by atoms with Crippen molar-refractivity contribution in [2.45, 2.75) is 19.7 Å². The molecule has 1 aromatic heterocycles. The number of aromatic nitrogens is 3. The number of aromatic amines is 1. The summed E-state index contributed by atoms with van der Waals surface area (Å²) in [5.74, 6) is -0.302. The minimum Gasteiger partial charge on any atom is -0.496 e. The molecule has 0 atom stereocenters. The molecule has 0 aliphatic carbocycles. The number of hydrogen-bond donors (Lipinski definition) is 1. The van der Waals surface area contributed by atoms with Crippen LogP contribution in [0.4, 0.5) is 13.2 Å². The van der Waals surface area contributed by atoms with E-state index >= 15 is 0 Å². The number of ether oxygens (including phenoxy) is 3. The molecule has 0 saturated carbocycles. The van der Waals surface area contributed by atoms with E-state index in [0.717, 1.165) is 0 Å². The first kappa shape index (κ1) is 18.7. The SMILES string of the molecule is CCOC(=O)c1n[nH]nc1-c1ccc(OC)c(COCC(F)(F)F)c1. The molecule has 0 spiro atoms. The molecule has 0 radical (unpaired) electrons. The second-order valence-corrected chi connectivity index (χ2v) is 4.88. The van der Waals surface area contributed by atoms with Crippen LogP contribution in [0, 0.1) is 0 Å². The van der Waals surface area contributed by atoms with E-state index in [1.54, 1.807) is 19.1 Å². The van der Waals surface area contributed by atoms with Gasteiger partial charge in [-0.15, -0.1) is 5.10 Å². The van der Waals surface area contributed by atoms with Gasteiger partial charge in [0, 0.05) is 11.1 Å². The van der Waals surface area contributed by atoms with E-state index in [0.29, 0.717) is 16.9 Å². The predicted octanol–water partition coefficient (Wildman–Crippen LogP) is 2.74. The van der Waals surface area contributed by atoms with Gasteiger partial charge in [-0.2, -0.15) is 23.5 Å². The van der Waals surface area contributed by atoms with Crippen molar-refractivity contribution in [1.82, 2.24) is 15.4 Å². The van der Waals surface area contributed by atoms with E-state index in [2.05, 4.69) is 20.1 Å². The zero-order valence-corrected chi connectivity index (χ0v) is 13.5. The van der Waals surface area contributed by atoms with E-state index in [-0.39, 0.29) is 24.6 Å². The van der Waals surface area contributed by atoms with Crippen molar-refractivity contribution in [3.05, 3.63) is 29.5 Å². The highest BCUT2D eigenvalue weighted by Crippen LogP contribution is 2.28. The lowest BCUT2D eigenvalue weighted by atomic mass is 10.1. The second-order valence-electron chi connectivity index (χ2n) is 4.88. The molecule has 1 N–H and O–H groups in total. The van der Waals surface area contributed by atoms with Gasteiger partial charge < -0.3 is 14.2 Å². The molecule has 0 bridgehead atoms. The number of nitrogens with one attached hydrogen (secondary N) is 1.